The lowest BCUT2D eigenvalue weighted by Crippen LogP contribution is -2.31. The van der Waals surface area contributed by atoms with Gasteiger partial charge in [-0.2, -0.15) is 0 Å². The summed E-state index contributed by atoms with van der Waals surface area (Å²) in [5, 5.41) is 0.0729. The second-order valence-electron chi connectivity index (χ2n) is 8.77. The van der Waals surface area contributed by atoms with Crippen molar-refractivity contribution >= 4 is 16.9 Å². The van der Waals surface area contributed by atoms with Crippen LogP contribution in [0.25, 0.3) is 11.0 Å². The van der Waals surface area contributed by atoms with Crippen LogP contribution < -0.4 is 24.4 Å². The number of benzene rings is 3. The van der Waals surface area contributed by atoms with E-state index in [0.717, 1.165) is 11.6 Å². The number of hydrogen-bond acceptors (Lipinski definition) is 7. The molecule has 8 nitrogen and oxygen atoms in total. The largest absolute Gasteiger partial charge is 0.493 e. The minimum Gasteiger partial charge on any atom is -0.493 e. The molecule has 1 atom stereocenters. The molecule has 5 rings (SSSR count). The minimum atomic E-state index is -0.777. The van der Waals surface area contributed by atoms with Gasteiger partial charge in [0.1, 0.15) is 11.4 Å². The van der Waals surface area contributed by atoms with E-state index < -0.39 is 23.2 Å². The quantitative estimate of drug-likeness (QED) is 0.332. The molecule has 1 aliphatic rings. The summed E-state index contributed by atoms with van der Waals surface area (Å²) in [6.07, 6.45) is 0.464. The number of nitrogens with zero attached hydrogens (tertiary/aromatic N) is 1. The molecule has 0 radical (unpaired) electrons. The molecule has 0 saturated carbocycles. The first-order valence-corrected chi connectivity index (χ1v) is 11.9. The van der Waals surface area contributed by atoms with E-state index in [-0.39, 0.29) is 28.8 Å². The monoisotopic (exact) mass is 519 g/mol. The summed E-state index contributed by atoms with van der Waals surface area (Å²) in [5.74, 6) is 1.07. The molecule has 0 aliphatic carbocycles. The molecule has 0 spiro atoms. The highest BCUT2D eigenvalue weighted by atomic mass is 19.1. The molecular weight excluding hydrogens is 493 g/mol. The van der Waals surface area contributed by atoms with Crippen molar-refractivity contribution in [3.63, 3.8) is 0 Å². The first-order valence-electron chi connectivity index (χ1n) is 11.9. The van der Waals surface area contributed by atoms with Crippen LogP contribution in [0, 0.1) is 5.82 Å². The van der Waals surface area contributed by atoms with Gasteiger partial charge in [-0.15, -0.1) is 0 Å². The van der Waals surface area contributed by atoms with Gasteiger partial charge in [-0.25, -0.2) is 4.39 Å². The molecule has 0 bridgehead atoms. The van der Waals surface area contributed by atoms with Crippen molar-refractivity contribution in [1.29, 1.82) is 0 Å². The van der Waals surface area contributed by atoms with Gasteiger partial charge < -0.3 is 28.3 Å². The fraction of sp³-hybridized carbons (Fsp3) is 0.241. The van der Waals surface area contributed by atoms with E-state index in [0.29, 0.717) is 35.0 Å². The fourth-order valence-corrected chi connectivity index (χ4v) is 4.88. The normalized spacial score (nSPS) is 14.5. The van der Waals surface area contributed by atoms with Crippen molar-refractivity contribution in [2.45, 2.75) is 12.5 Å². The SMILES string of the molecule is COc1ccc(CCN2C(=O)c3oc4ccc(F)cc4c(=O)c3C2c2ccc(OC)c(OC)c2)cc1OC. The maximum absolute atomic E-state index is 14.0. The number of ether oxygens (including phenoxy) is 4. The summed E-state index contributed by atoms with van der Waals surface area (Å²) < 4.78 is 41.5. The third kappa shape index (κ3) is 4.19. The van der Waals surface area contributed by atoms with Crippen LogP contribution in [0.5, 0.6) is 23.0 Å². The molecule has 3 aromatic carbocycles. The van der Waals surface area contributed by atoms with Crippen LogP contribution in [-0.4, -0.2) is 45.8 Å². The van der Waals surface area contributed by atoms with Gasteiger partial charge in [0.25, 0.3) is 5.91 Å². The van der Waals surface area contributed by atoms with Crippen LogP contribution in [0.4, 0.5) is 4.39 Å². The van der Waals surface area contributed by atoms with Gasteiger partial charge in [0.15, 0.2) is 28.4 Å². The highest BCUT2D eigenvalue weighted by Crippen LogP contribution is 2.41. The zero-order valence-electron chi connectivity index (χ0n) is 21.4. The number of carbonyl (C=O) groups excluding carboxylic acids is 1. The number of hydrogen-bond donors (Lipinski definition) is 0. The lowest BCUT2D eigenvalue weighted by atomic mass is 9.97. The maximum Gasteiger partial charge on any atom is 0.290 e. The number of amides is 1. The van der Waals surface area contributed by atoms with Crippen LogP contribution >= 0.6 is 0 Å². The van der Waals surface area contributed by atoms with Gasteiger partial charge in [0.2, 0.25) is 5.76 Å². The highest BCUT2D eigenvalue weighted by Gasteiger charge is 2.42. The molecule has 38 heavy (non-hydrogen) atoms. The van der Waals surface area contributed by atoms with Crippen molar-refractivity contribution in [3.8, 4) is 23.0 Å². The van der Waals surface area contributed by atoms with Gasteiger partial charge in [0.05, 0.1) is 45.4 Å². The van der Waals surface area contributed by atoms with Crippen molar-refractivity contribution in [3.05, 3.63) is 93.1 Å². The zero-order chi connectivity index (χ0) is 27.0. The van der Waals surface area contributed by atoms with Crippen LogP contribution in [0.2, 0.25) is 0 Å². The molecule has 1 aromatic heterocycles. The smallest absolute Gasteiger partial charge is 0.290 e. The Labute approximate surface area is 218 Å². The lowest BCUT2D eigenvalue weighted by Gasteiger charge is -2.26. The summed E-state index contributed by atoms with van der Waals surface area (Å²) in [6, 6.07) is 13.6. The van der Waals surface area contributed by atoms with Gasteiger partial charge in [-0.05, 0) is 60.0 Å². The highest BCUT2D eigenvalue weighted by molar-refractivity contribution is 5.99. The second-order valence-corrected chi connectivity index (χ2v) is 8.77. The molecule has 0 fully saturated rings. The molecular formula is C29H26FNO7. The van der Waals surface area contributed by atoms with Crippen molar-refractivity contribution < 1.29 is 32.5 Å². The number of carbonyl (C=O) groups is 1. The minimum absolute atomic E-state index is 0.0544. The summed E-state index contributed by atoms with van der Waals surface area (Å²) in [5.41, 5.74) is 1.39. The van der Waals surface area contributed by atoms with E-state index in [2.05, 4.69) is 0 Å². The molecule has 196 valence electrons. The lowest BCUT2D eigenvalue weighted by molar-refractivity contribution is 0.0730. The van der Waals surface area contributed by atoms with Crippen molar-refractivity contribution in [1.82, 2.24) is 4.90 Å². The van der Waals surface area contributed by atoms with E-state index in [4.69, 9.17) is 23.4 Å². The van der Waals surface area contributed by atoms with E-state index in [1.165, 1.54) is 26.4 Å². The van der Waals surface area contributed by atoms with Gasteiger partial charge in [-0.1, -0.05) is 12.1 Å². The van der Waals surface area contributed by atoms with Crippen molar-refractivity contribution in [2.24, 2.45) is 0 Å². The predicted octanol–water partition coefficient (Wildman–Crippen LogP) is 4.75. The summed E-state index contributed by atoms with van der Waals surface area (Å²) in [7, 11) is 6.15. The van der Waals surface area contributed by atoms with E-state index in [1.807, 2.05) is 12.1 Å². The Hall–Kier alpha value is -4.53. The third-order valence-electron chi connectivity index (χ3n) is 6.74. The first-order chi connectivity index (χ1) is 18.4. The molecule has 9 heteroatoms. The van der Waals surface area contributed by atoms with E-state index >= 15 is 0 Å². The van der Waals surface area contributed by atoms with E-state index in [1.54, 1.807) is 43.4 Å². The predicted molar refractivity (Wildman–Crippen MR) is 138 cm³/mol. The maximum atomic E-state index is 14.0. The Morgan fingerprint density at radius 2 is 1.47 bits per heavy atom. The molecule has 0 saturated heterocycles. The van der Waals surface area contributed by atoms with Crippen LogP contribution in [0.3, 0.4) is 0 Å². The average Bonchev–Trinajstić information content (AvgIpc) is 3.22. The molecule has 0 N–H and O–H groups in total. The molecule has 2 heterocycles. The van der Waals surface area contributed by atoms with Gasteiger partial charge in [0, 0.05) is 6.54 Å². The standard InChI is InChI=1S/C29H26FNO7/c1-34-21-8-5-16(13-23(21)36-3)11-12-31-26(17-6-9-22(35-2)24(14-17)37-4)25-27(32)19-15-18(30)7-10-20(19)38-28(25)29(31)33/h5-10,13-15,26H,11-12H2,1-4H3. The average molecular weight is 520 g/mol. The fourth-order valence-electron chi connectivity index (χ4n) is 4.88. The van der Waals surface area contributed by atoms with Gasteiger partial charge in [-0.3, -0.25) is 9.59 Å². The second kappa shape index (κ2) is 10.1. The Bertz CT molecular complexity index is 1600. The molecule has 1 amide bonds. The van der Waals surface area contributed by atoms with Crippen LogP contribution in [0.15, 0.2) is 63.8 Å². The number of methoxy groups -OCH3 is 4. The van der Waals surface area contributed by atoms with Crippen molar-refractivity contribution in [2.75, 3.05) is 35.0 Å². The Morgan fingerprint density at radius 3 is 2.16 bits per heavy atom. The van der Waals surface area contributed by atoms with Crippen LogP contribution in [-0.2, 0) is 6.42 Å². The Kier molecular flexibility index (Phi) is 6.67. The number of rotatable bonds is 8. The summed E-state index contributed by atoms with van der Waals surface area (Å²) >= 11 is 0. The summed E-state index contributed by atoms with van der Waals surface area (Å²) in [6.45, 7) is 0.266. The zero-order valence-corrected chi connectivity index (χ0v) is 21.4. The topological polar surface area (TPSA) is 87.4 Å². The summed E-state index contributed by atoms with van der Waals surface area (Å²) in [4.78, 5) is 28.9. The third-order valence-corrected chi connectivity index (χ3v) is 6.74. The number of fused-ring (bicyclic) bond motifs is 2. The van der Waals surface area contributed by atoms with Gasteiger partial charge >= 0.3 is 0 Å². The molecule has 4 aromatic rings. The molecule has 1 aliphatic heterocycles. The Morgan fingerprint density at radius 1 is 0.816 bits per heavy atom. The first kappa shape index (κ1) is 25.1. The molecule has 1 unspecified atom stereocenters. The van der Waals surface area contributed by atoms with Crippen LogP contribution in [0.1, 0.15) is 33.3 Å². The Balaban J connectivity index is 1.62. The van der Waals surface area contributed by atoms with E-state index in [9.17, 15) is 14.0 Å². The number of halogens is 1.